The molecule has 0 bridgehead atoms. The number of pyridine rings is 1. The van der Waals surface area contributed by atoms with Gasteiger partial charge < -0.3 is 4.98 Å². The Balaban J connectivity index is 0.00000264. The van der Waals surface area contributed by atoms with Gasteiger partial charge in [0, 0.05) is 31.9 Å². The van der Waals surface area contributed by atoms with Crippen LogP contribution in [-0.4, -0.2) is 22.6 Å². The first-order valence-corrected chi connectivity index (χ1v) is 5.94. The molecule has 1 radical (unpaired) electrons. The fourth-order valence-corrected chi connectivity index (χ4v) is 1.91. The minimum Gasteiger partial charge on any atom is -0.320 e. The van der Waals surface area contributed by atoms with Crippen molar-refractivity contribution in [1.82, 2.24) is 4.98 Å². The molecule has 1 aliphatic carbocycles. The Bertz CT molecular complexity index is 726. The molecule has 127 valence electrons. The number of ketones is 1. The third-order valence-corrected chi connectivity index (χ3v) is 3.11. The van der Waals surface area contributed by atoms with Crippen LogP contribution in [0.25, 0.3) is 5.57 Å². The van der Waals surface area contributed by atoms with E-state index in [0.717, 1.165) is 18.3 Å². The number of carbonyl (C=O) groups excluding carboxylic acids is 1. The minimum absolute atomic E-state index is 0. The first-order chi connectivity index (χ1) is 9.99. The second-order valence-electron chi connectivity index (χ2n) is 4.72. The Morgan fingerprint density at radius 2 is 1.78 bits per heavy atom. The summed E-state index contributed by atoms with van der Waals surface area (Å²) in [6, 6.07) is 1.02. The van der Waals surface area contributed by atoms with E-state index in [0.29, 0.717) is 0 Å². The Hall–Kier alpha value is -1.47. The second-order valence-corrected chi connectivity index (χ2v) is 4.72. The number of hydrogen-bond acceptors (Lipinski definition) is 2. The van der Waals surface area contributed by atoms with Crippen molar-refractivity contribution in [1.29, 1.82) is 0 Å². The molecule has 0 aromatic carbocycles. The summed E-state index contributed by atoms with van der Waals surface area (Å²) >= 11 is 0. The summed E-state index contributed by atoms with van der Waals surface area (Å²) in [4.78, 5) is 14.8. The SMILES string of the molecule is CC(=O)c1cnc(C2=[C-]C(F)(F)C(F)(F)C(F)=C2F)cc1C.[Ir]. The number of halogens is 6. The molecule has 1 aromatic heterocycles. The van der Waals surface area contributed by atoms with Crippen molar-refractivity contribution in [3.8, 4) is 0 Å². The second kappa shape index (κ2) is 6.20. The number of aryl methyl sites for hydroxylation is 1. The van der Waals surface area contributed by atoms with Crippen LogP contribution in [0.1, 0.15) is 28.5 Å². The van der Waals surface area contributed by atoms with E-state index in [9.17, 15) is 31.1 Å². The Labute approximate surface area is 140 Å². The fourth-order valence-electron chi connectivity index (χ4n) is 1.91. The van der Waals surface area contributed by atoms with E-state index in [4.69, 9.17) is 0 Å². The average molecular weight is 512 g/mol. The summed E-state index contributed by atoms with van der Waals surface area (Å²) in [6.07, 6.45) is 1.94. The predicted molar refractivity (Wildman–Crippen MR) is 64.8 cm³/mol. The van der Waals surface area contributed by atoms with Crippen LogP contribution in [0.15, 0.2) is 23.9 Å². The number of allylic oxidation sites excluding steroid dienone is 4. The maximum absolute atomic E-state index is 13.6. The Kier molecular flexibility index (Phi) is 5.28. The first kappa shape index (κ1) is 19.6. The standard InChI is InChI=1S/C14H8F6NO.Ir/c1-6-3-10(21-5-9(6)7(2)22)8-4-13(17,18)14(19,20)12(16)11(8)15;/h3,5H,1-2H3;/q-1;. The molecule has 0 saturated carbocycles. The van der Waals surface area contributed by atoms with Gasteiger partial charge in [-0.3, -0.25) is 9.18 Å². The summed E-state index contributed by atoms with van der Waals surface area (Å²) in [5.41, 5.74) is -1.33. The summed E-state index contributed by atoms with van der Waals surface area (Å²) in [7, 11) is 0. The van der Waals surface area contributed by atoms with Gasteiger partial charge in [0.25, 0.3) is 5.92 Å². The molecule has 0 amide bonds. The van der Waals surface area contributed by atoms with Crippen molar-refractivity contribution in [3.63, 3.8) is 0 Å². The molecule has 1 aliphatic rings. The Morgan fingerprint density at radius 1 is 1.22 bits per heavy atom. The van der Waals surface area contributed by atoms with Crippen molar-refractivity contribution < 1.29 is 51.2 Å². The van der Waals surface area contributed by atoms with Gasteiger partial charge in [-0.05, 0) is 25.1 Å². The first-order valence-electron chi connectivity index (χ1n) is 5.94. The van der Waals surface area contributed by atoms with Crippen LogP contribution in [0, 0.1) is 13.0 Å². The average Bonchev–Trinajstić information content (AvgIpc) is 2.41. The molecule has 0 spiro atoms. The number of nitrogens with zero attached hydrogens (tertiary/aromatic N) is 1. The van der Waals surface area contributed by atoms with Gasteiger partial charge in [-0.2, -0.15) is 8.78 Å². The monoisotopic (exact) mass is 513 g/mol. The summed E-state index contributed by atoms with van der Waals surface area (Å²) in [5, 5.41) is 0. The normalized spacial score (nSPS) is 19.0. The molecule has 0 unspecified atom stereocenters. The van der Waals surface area contributed by atoms with E-state index < -0.39 is 34.8 Å². The van der Waals surface area contributed by atoms with Crippen LogP contribution in [0.5, 0.6) is 0 Å². The zero-order valence-corrected chi connectivity index (χ0v) is 14.0. The van der Waals surface area contributed by atoms with E-state index >= 15 is 0 Å². The summed E-state index contributed by atoms with van der Waals surface area (Å²) in [6.45, 7) is 2.64. The number of rotatable bonds is 2. The number of alkyl halides is 4. The van der Waals surface area contributed by atoms with Crippen LogP contribution in [0.2, 0.25) is 0 Å². The molecule has 0 fully saturated rings. The molecule has 1 aromatic rings. The largest absolute Gasteiger partial charge is 0.344 e. The molecule has 1 heterocycles. The van der Waals surface area contributed by atoms with Gasteiger partial charge in [-0.15, -0.1) is 11.6 Å². The third-order valence-electron chi connectivity index (χ3n) is 3.11. The molecular weight excluding hydrogens is 504 g/mol. The molecule has 0 aliphatic heterocycles. The van der Waals surface area contributed by atoms with E-state index in [-0.39, 0.29) is 37.0 Å². The van der Waals surface area contributed by atoms with Gasteiger partial charge in [-0.25, -0.2) is 13.2 Å². The van der Waals surface area contributed by atoms with Gasteiger partial charge in [0.15, 0.2) is 11.6 Å². The van der Waals surface area contributed by atoms with Gasteiger partial charge in [0.2, 0.25) is 0 Å². The summed E-state index contributed by atoms with van der Waals surface area (Å²) < 4.78 is 79.4. The van der Waals surface area contributed by atoms with Gasteiger partial charge in [0.1, 0.15) is 0 Å². The van der Waals surface area contributed by atoms with Crippen molar-refractivity contribution in [2.45, 2.75) is 25.7 Å². The van der Waals surface area contributed by atoms with Crippen LogP contribution in [0.4, 0.5) is 26.3 Å². The predicted octanol–water partition coefficient (Wildman–Crippen LogP) is 4.21. The van der Waals surface area contributed by atoms with Gasteiger partial charge in [0.05, 0.1) is 5.83 Å². The number of carbonyl (C=O) groups is 1. The van der Waals surface area contributed by atoms with Crippen molar-refractivity contribution >= 4 is 11.4 Å². The van der Waals surface area contributed by atoms with E-state index in [1.807, 2.05) is 0 Å². The quantitative estimate of drug-likeness (QED) is 0.338. The number of Topliss-reactive ketones (excluding diaryl/α,β-unsaturated/α-hetero) is 1. The molecule has 0 N–H and O–H groups in total. The topological polar surface area (TPSA) is 30.0 Å². The van der Waals surface area contributed by atoms with E-state index in [1.54, 1.807) is 0 Å². The number of hydrogen-bond donors (Lipinski definition) is 0. The van der Waals surface area contributed by atoms with E-state index in [2.05, 4.69) is 4.98 Å². The minimum atomic E-state index is -5.31. The molecule has 2 rings (SSSR count). The summed E-state index contributed by atoms with van der Waals surface area (Å²) in [5.74, 6) is -15.7. The van der Waals surface area contributed by atoms with E-state index in [1.165, 1.54) is 13.8 Å². The third kappa shape index (κ3) is 3.12. The molecule has 2 nitrogen and oxygen atoms in total. The zero-order chi connectivity index (χ0) is 16.9. The molecular formula is C14H8F6IrNO-. The zero-order valence-electron chi connectivity index (χ0n) is 11.6. The van der Waals surface area contributed by atoms with Crippen molar-refractivity contribution in [2.24, 2.45) is 0 Å². The van der Waals surface area contributed by atoms with Crippen LogP contribution < -0.4 is 0 Å². The molecule has 9 heteroatoms. The molecule has 0 saturated heterocycles. The maximum atomic E-state index is 13.6. The van der Waals surface area contributed by atoms with Gasteiger partial charge in [-0.1, -0.05) is 6.07 Å². The van der Waals surface area contributed by atoms with Crippen molar-refractivity contribution in [3.05, 3.63) is 46.8 Å². The van der Waals surface area contributed by atoms with Crippen LogP contribution >= 0.6 is 0 Å². The Morgan fingerprint density at radius 3 is 2.26 bits per heavy atom. The molecule has 0 atom stereocenters. The number of aromatic nitrogens is 1. The van der Waals surface area contributed by atoms with Crippen molar-refractivity contribution in [2.75, 3.05) is 0 Å². The van der Waals surface area contributed by atoms with Gasteiger partial charge >= 0.3 is 5.92 Å². The smallest absolute Gasteiger partial charge is 0.320 e. The van der Waals surface area contributed by atoms with Crippen LogP contribution in [-0.2, 0) is 20.1 Å². The fraction of sp³-hybridized carbons (Fsp3) is 0.286. The molecule has 23 heavy (non-hydrogen) atoms. The maximum Gasteiger partial charge on any atom is 0.344 e. The van der Waals surface area contributed by atoms with Crippen LogP contribution in [0.3, 0.4) is 0 Å².